The van der Waals surface area contributed by atoms with Gasteiger partial charge in [0, 0.05) is 5.69 Å². The summed E-state index contributed by atoms with van der Waals surface area (Å²) in [5.41, 5.74) is 7.18. The first-order chi connectivity index (χ1) is 7.27. The van der Waals surface area contributed by atoms with Crippen molar-refractivity contribution in [3.8, 4) is 0 Å². The highest BCUT2D eigenvalue weighted by molar-refractivity contribution is 7.89. The van der Waals surface area contributed by atoms with Crippen LogP contribution in [0, 0.1) is 0 Å². The Bertz CT molecular complexity index is 543. The van der Waals surface area contributed by atoms with Crippen molar-refractivity contribution < 1.29 is 13.2 Å². The van der Waals surface area contributed by atoms with E-state index in [0.717, 1.165) is 12.1 Å². The zero-order chi connectivity index (χ0) is 12.5. The fourth-order valence-corrected chi connectivity index (χ4v) is 2.17. The van der Waals surface area contributed by atoms with Crippen LogP contribution in [-0.2, 0) is 10.0 Å². The molecule has 0 spiro atoms. The van der Waals surface area contributed by atoms with Crippen LogP contribution in [0.15, 0.2) is 17.0 Å². The molecule has 0 atom stereocenters. The molecule has 0 unspecified atom stereocenters. The van der Waals surface area contributed by atoms with E-state index in [1.807, 2.05) is 5.43 Å². The van der Waals surface area contributed by atoms with Crippen LogP contribution in [0.25, 0.3) is 0 Å². The van der Waals surface area contributed by atoms with Gasteiger partial charge in [-0.2, -0.15) is 0 Å². The van der Waals surface area contributed by atoms with E-state index in [4.69, 9.17) is 28.3 Å². The third-order valence-corrected chi connectivity index (χ3v) is 3.16. The summed E-state index contributed by atoms with van der Waals surface area (Å²) < 4.78 is 22.2. The van der Waals surface area contributed by atoms with Gasteiger partial charge in [-0.3, -0.25) is 10.2 Å². The van der Waals surface area contributed by atoms with Crippen LogP contribution in [0.2, 0.25) is 5.02 Å². The van der Waals surface area contributed by atoms with Crippen LogP contribution in [0.1, 0.15) is 10.4 Å². The number of anilines is 1. The minimum atomic E-state index is -4.02. The van der Waals surface area contributed by atoms with Crippen molar-refractivity contribution in [2.45, 2.75) is 4.90 Å². The number of hydrogen-bond acceptors (Lipinski definition) is 5. The fourth-order valence-electron chi connectivity index (χ4n) is 1.06. The first-order valence-electron chi connectivity index (χ1n) is 3.90. The lowest BCUT2D eigenvalue weighted by Gasteiger charge is -2.08. The molecule has 0 aliphatic heterocycles. The Morgan fingerprint density at radius 3 is 2.38 bits per heavy atom. The number of amides is 1. The summed E-state index contributed by atoms with van der Waals surface area (Å²) >= 11 is 5.63. The standard InChI is InChI=1S/C7H9ClN4O3S/c8-4-2-5(9)3(7(13)12-10)1-6(4)16(11,14)15/h1-2H,9-10H2,(H,12,13)(H2,11,14,15). The average Bonchev–Trinajstić information content (AvgIpc) is 2.14. The number of primary sulfonamides is 1. The largest absolute Gasteiger partial charge is 0.398 e. The highest BCUT2D eigenvalue weighted by Gasteiger charge is 2.18. The van der Waals surface area contributed by atoms with Gasteiger partial charge in [-0.15, -0.1) is 0 Å². The molecule has 88 valence electrons. The summed E-state index contributed by atoms with van der Waals surface area (Å²) in [7, 11) is -4.02. The molecule has 0 aliphatic rings. The van der Waals surface area contributed by atoms with Crippen molar-refractivity contribution in [1.29, 1.82) is 0 Å². The van der Waals surface area contributed by atoms with Crippen LogP contribution < -0.4 is 22.1 Å². The molecule has 1 aromatic rings. The van der Waals surface area contributed by atoms with Crippen molar-refractivity contribution in [2.75, 3.05) is 5.73 Å². The molecule has 0 saturated carbocycles. The van der Waals surface area contributed by atoms with Crippen molar-refractivity contribution >= 4 is 33.2 Å². The molecule has 16 heavy (non-hydrogen) atoms. The number of nitrogen functional groups attached to an aromatic ring is 2. The van der Waals surface area contributed by atoms with Gasteiger partial charge in [-0.05, 0) is 12.1 Å². The molecule has 0 bridgehead atoms. The molecular weight excluding hydrogens is 256 g/mol. The molecule has 9 heteroatoms. The van der Waals surface area contributed by atoms with Gasteiger partial charge in [0.1, 0.15) is 4.90 Å². The van der Waals surface area contributed by atoms with E-state index in [1.54, 1.807) is 0 Å². The van der Waals surface area contributed by atoms with Gasteiger partial charge < -0.3 is 5.73 Å². The summed E-state index contributed by atoms with van der Waals surface area (Å²) in [5.74, 6) is 4.16. The van der Waals surface area contributed by atoms with Crippen LogP contribution in [0.5, 0.6) is 0 Å². The number of rotatable bonds is 2. The van der Waals surface area contributed by atoms with E-state index in [1.165, 1.54) is 0 Å². The molecule has 1 aromatic carbocycles. The highest BCUT2D eigenvalue weighted by atomic mass is 35.5. The first kappa shape index (κ1) is 12.7. The topological polar surface area (TPSA) is 141 Å². The van der Waals surface area contributed by atoms with Crippen LogP contribution in [-0.4, -0.2) is 14.3 Å². The molecule has 0 heterocycles. The highest BCUT2D eigenvalue weighted by Crippen LogP contribution is 2.26. The smallest absolute Gasteiger partial charge is 0.267 e. The number of carbonyl (C=O) groups is 1. The normalized spacial score (nSPS) is 11.2. The molecular formula is C7H9ClN4O3S. The van der Waals surface area contributed by atoms with E-state index in [-0.39, 0.29) is 21.2 Å². The molecule has 0 aromatic heterocycles. The Kier molecular flexibility index (Phi) is 3.38. The van der Waals surface area contributed by atoms with Gasteiger partial charge >= 0.3 is 0 Å². The second-order valence-corrected chi connectivity index (χ2v) is 4.83. The van der Waals surface area contributed by atoms with Crippen molar-refractivity contribution in [1.82, 2.24) is 5.43 Å². The first-order valence-corrected chi connectivity index (χ1v) is 5.82. The predicted molar refractivity (Wildman–Crippen MR) is 58.9 cm³/mol. The molecule has 1 rings (SSSR count). The minimum Gasteiger partial charge on any atom is -0.398 e. The van der Waals surface area contributed by atoms with Gasteiger partial charge in [-0.1, -0.05) is 11.6 Å². The molecule has 1 amide bonds. The molecule has 7 N–H and O–H groups in total. The Morgan fingerprint density at radius 2 is 1.94 bits per heavy atom. The summed E-state index contributed by atoms with van der Waals surface area (Å²) in [5, 5.41) is 4.74. The van der Waals surface area contributed by atoms with Crippen molar-refractivity contribution in [3.05, 3.63) is 22.7 Å². The maximum absolute atomic E-state index is 11.2. The third-order valence-electron chi connectivity index (χ3n) is 1.79. The van der Waals surface area contributed by atoms with E-state index in [9.17, 15) is 13.2 Å². The maximum atomic E-state index is 11.2. The number of benzene rings is 1. The zero-order valence-corrected chi connectivity index (χ0v) is 9.47. The molecule has 0 saturated heterocycles. The molecule has 0 radical (unpaired) electrons. The van der Waals surface area contributed by atoms with Gasteiger partial charge in [0.2, 0.25) is 10.0 Å². The number of hydrogen-bond donors (Lipinski definition) is 4. The number of nitrogens with one attached hydrogen (secondary N) is 1. The lowest BCUT2D eigenvalue weighted by atomic mass is 10.2. The summed E-state index contributed by atoms with van der Waals surface area (Å²) in [4.78, 5) is 10.8. The van der Waals surface area contributed by atoms with Gasteiger partial charge in [0.05, 0.1) is 10.6 Å². The summed E-state index contributed by atoms with van der Waals surface area (Å²) in [6, 6.07) is 2.08. The number of nitrogens with two attached hydrogens (primary N) is 3. The van der Waals surface area contributed by atoms with Gasteiger partial charge in [0.15, 0.2) is 0 Å². The molecule has 7 nitrogen and oxygen atoms in total. The maximum Gasteiger partial charge on any atom is 0.267 e. The van der Waals surface area contributed by atoms with Crippen LogP contribution in [0.3, 0.4) is 0 Å². The summed E-state index contributed by atoms with van der Waals surface area (Å²) in [6.07, 6.45) is 0. The van der Waals surface area contributed by atoms with E-state index >= 15 is 0 Å². The lowest BCUT2D eigenvalue weighted by Crippen LogP contribution is -2.31. The third kappa shape index (κ3) is 2.42. The van der Waals surface area contributed by atoms with Crippen LogP contribution >= 0.6 is 11.6 Å². The van der Waals surface area contributed by atoms with Gasteiger partial charge in [-0.25, -0.2) is 19.4 Å². The second-order valence-electron chi connectivity index (χ2n) is 2.89. The Hall–Kier alpha value is -1.35. The molecule has 0 fully saturated rings. The van der Waals surface area contributed by atoms with E-state index in [2.05, 4.69) is 0 Å². The Balaban J connectivity index is 3.51. The van der Waals surface area contributed by atoms with E-state index in [0.29, 0.717) is 0 Å². The second kappa shape index (κ2) is 4.26. The van der Waals surface area contributed by atoms with Crippen molar-refractivity contribution in [3.63, 3.8) is 0 Å². The predicted octanol–water partition coefficient (Wildman–Crippen LogP) is -0.827. The molecule has 0 aliphatic carbocycles. The minimum absolute atomic E-state index is 0.000324. The van der Waals surface area contributed by atoms with Crippen LogP contribution in [0.4, 0.5) is 5.69 Å². The fraction of sp³-hybridized carbons (Fsp3) is 0. The van der Waals surface area contributed by atoms with Crippen molar-refractivity contribution in [2.24, 2.45) is 11.0 Å². The number of halogens is 1. The lowest BCUT2D eigenvalue weighted by molar-refractivity contribution is 0.0954. The zero-order valence-electron chi connectivity index (χ0n) is 7.90. The van der Waals surface area contributed by atoms with E-state index < -0.39 is 15.9 Å². The number of sulfonamides is 1. The summed E-state index contributed by atoms with van der Waals surface area (Å²) in [6.45, 7) is 0. The Labute approximate surface area is 96.6 Å². The monoisotopic (exact) mass is 264 g/mol. The average molecular weight is 265 g/mol. The number of hydrazine groups is 1. The SMILES string of the molecule is NNC(=O)c1cc(S(N)(=O)=O)c(Cl)cc1N. The Morgan fingerprint density at radius 1 is 1.38 bits per heavy atom. The number of carbonyl (C=O) groups excluding carboxylic acids is 1. The van der Waals surface area contributed by atoms with Gasteiger partial charge in [0.25, 0.3) is 5.91 Å². The quantitative estimate of drug-likeness (QED) is 0.239.